The molecule has 0 aliphatic carbocycles. The summed E-state index contributed by atoms with van der Waals surface area (Å²) in [5.74, 6) is 0.684. The van der Waals surface area contributed by atoms with Crippen molar-refractivity contribution >= 4 is 33.2 Å². The number of halogens is 2. The average molecular weight is 305 g/mol. The van der Waals surface area contributed by atoms with E-state index < -0.39 is 0 Å². The van der Waals surface area contributed by atoms with Gasteiger partial charge in [0.25, 0.3) is 0 Å². The summed E-state index contributed by atoms with van der Waals surface area (Å²) in [6.07, 6.45) is 4.24. The lowest BCUT2D eigenvalue weighted by Crippen LogP contribution is -2.33. The van der Waals surface area contributed by atoms with Gasteiger partial charge in [-0.25, -0.2) is 4.98 Å². The number of nitrogens with zero attached hydrogens (tertiary/aromatic N) is 1. The van der Waals surface area contributed by atoms with E-state index in [4.69, 9.17) is 11.6 Å². The molecule has 1 atom stereocenters. The van der Waals surface area contributed by atoms with Crippen LogP contribution in [0.4, 0.5) is 5.69 Å². The van der Waals surface area contributed by atoms with Crippen molar-refractivity contribution in [1.82, 2.24) is 10.3 Å². The highest BCUT2D eigenvalue weighted by Gasteiger charge is 2.13. The maximum absolute atomic E-state index is 6.00. The zero-order valence-electron chi connectivity index (χ0n) is 8.97. The van der Waals surface area contributed by atoms with E-state index in [0.717, 1.165) is 29.8 Å². The summed E-state index contributed by atoms with van der Waals surface area (Å²) in [5, 5.41) is 7.29. The highest BCUT2D eigenvalue weighted by atomic mass is 79.9. The molecule has 0 spiro atoms. The van der Waals surface area contributed by atoms with Crippen molar-refractivity contribution in [2.75, 3.05) is 25.0 Å². The van der Waals surface area contributed by atoms with E-state index in [9.17, 15) is 0 Å². The zero-order valence-corrected chi connectivity index (χ0v) is 11.3. The van der Waals surface area contributed by atoms with Gasteiger partial charge in [-0.3, -0.25) is 0 Å². The highest BCUT2D eigenvalue weighted by molar-refractivity contribution is 9.10. The standard InChI is InChI=1S/C11H15BrClN3/c12-9-4-10(11(13)16-7-9)15-6-8-2-1-3-14-5-8/h4,7-8,14-15H,1-3,5-6H2. The maximum atomic E-state index is 6.00. The molecule has 1 aliphatic heterocycles. The normalized spacial score (nSPS) is 20.8. The fraction of sp³-hybridized carbons (Fsp3) is 0.545. The lowest BCUT2D eigenvalue weighted by molar-refractivity contribution is 0.393. The summed E-state index contributed by atoms with van der Waals surface area (Å²) >= 11 is 9.39. The predicted molar refractivity (Wildman–Crippen MR) is 71.0 cm³/mol. The molecule has 5 heteroatoms. The van der Waals surface area contributed by atoms with Gasteiger partial charge in [0, 0.05) is 17.2 Å². The smallest absolute Gasteiger partial charge is 0.152 e. The summed E-state index contributed by atoms with van der Waals surface area (Å²) in [6, 6.07) is 1.96. The molecule has 0 amide bonds. The van der Waals surface area contributed by atoms with E-state index in [1.54, 1.807) is 6.20 Å². The van der Waals surface area contributed by atoms with Crippen LogP contribution in [-0.2, 0) is 0 Å². The summed E-state index contributed by atoms with van der Waals surface area (Å²) in [5.41, 5.74) is 0.904. The summed E-state index contributed by atoms with van der Waals surface area (Å²) in [7, 11) is 0. The Balaban J connectivity index is 1.90. The number of piperidine rings is 1. The number of rotatable bonds is 3. The maximum Gasteiger partial charge on any atom is 0.152 e. The second-order valence-corrected chi connectivity index (χ2v) is 5.36. The lowest BCUT2D eigenvalue weighted by Gasteiger charge is -2.23. The molecule has 2 heterocycles. The molecule has 1 saturated heterocycles. The molecule has 1 aromatic rings. The third-order valence-corrected chi connectivity index (χ3v) is 3.52. The molecule has 16 heavy (non-hydrogen) atoms. The first-order valence-electron chi connectivity index (χ1n) is 5.51. The van der Waals surface area contributed by atoms with Gasteiger partial charge >= 0.3 is 0 Å². The molecule has 1 fully saturated rings. The molecule has 1 aliphatic rings. The van der Waals surface area contributed by atoms with Gasteiger partial charge < -0.3 is 10.6 Å². The van der Waals surface area contributed by atoms with Crippen molar-refractivity contribution in [3.63, 3.8) is 0 Å². The highest BCUT2D eigenvalue weighted by Crippen LogP contribution is 2.23. The van der Waals surface area contributed by atoms with Crippen LogP contribution in [0.2, 0.25) is 5.15 Å². The van der Waals surface area contributed by atoms with Crippen LogP contribution in [-0.4, -0.2) is 24.6 Å². The molecular weight excluding hydrogens is 289 g/mol. The largest absolute Gasteiger partial charge is 0.382 e. The minimum atomic E-state index is 0.534. The van der Waals surface area contributed by atoms with E-state index in [0.29, 0.717) is 11.1 Å². The minimum absolute atomic E-state index is 0.534. The van der Waals surface area contributed by atoms with Crippen molar-refractivity contribution in [3.05, 3.63) is 21.9 Å². The van der Waals surface area contributed by atoms with Gasteiger partial charge in [-0.05, 0) is 53.8 Å². The van der Waals surface area contributed by atoms with Gasteiger partial charge in [0.05, 0.1) is 5.69 Å². The fourth-order valence-corrected chi connectivity index (χ4v) is 2.40. The zero-order chi connectivity index (χ0) is 11.4. The van der Waals surface area contributed by atoms with E-state index in [-0.39, 0.29) is 0 Å². The third-order valence-electron chi connectivity index (χ3n) is 2.79. The van der Waals surface area contributed by atoms with Crippen LogP contribution >= 0.6 is 27.5 Å². The lowest BCUT2D eigenvalue weighted by atomic mass is 10.00. The number of nitrogens with one attached hydrogen (secondary N) is 2. The van der Waals surface area contributed by atoms with Gasteiger partial charge in [-0.15, -0.1) is 0 Å². The van der Waals surface area contributed by atoms with Gasteiger partial charge in [-0.1, -0.05) is 11.6 Å². The van der Waals surface area contributed by atoms with E-state index in [1.165, 1.54) is 12.8 Å². The Hall–Kier alpha value is -0.320. The number of pyridine rings is 1. The molecule has 0 radical (unpaired) electrons. The summed E-state index contributed by atoms with van der Waals surface area (Å²) in [6.45, 7) is 3.19. The quantitative estimate of drug-likeness (QED) is 0.843. The average Bonchev–Trinajstić information content (AvgIpc) is 2.32. The Bertz CT molecular complexity index is 353. The molecule has 1 aromatic heterocycles. The topological polar surface area (TPSA) is 37.0 Å². The molecule has 0 aromatic carbocycles. The number of aromatic nitrogens is 1. The van der Waals surface area contributed by atoms with Gasteiger partial charge in [-0.2, -0.15) is 0 Å². The first-order valence-corrected chi connectivity index (χ1v) is 6.68. The van der Waals surface area contributed by atoms with Crippen LogP contribution < -0.4 is 10.6 Å². The second-order valence-electron chi connectivity index (χ2n) is 4.09. The molecule has 2 N–H and O–H groups in total. The van der Waals surface area contributed by atoms with Crippen molar-refractivity contribution in [3.8, 4) is 0 Å². The molecule has 3 nitrogen and oxygen atoms in total. The van der Waals surface area contributed by atoms with E-state index >= 15 is 0 Å². The second kappa shape index (κ2) is 5.84. The van der Waals surface area contributed by atoms with Crippen molar-refractivity contribution in [2.45, 2.75) is 12.8 Å². The van der Waals surface area contributed by atoms with E-state index in [2.05, 4.69) is 31.5 Å². The number of hydrogen-bond acceptors (Lipinski definition) is 3. The van der Waals surface area contributed by atoms with Crippen LogP contribution in [0.1, 0.15) is 12.8 Å². The Morgan fingerprint density at radius 3 is 3.25 bits per heavy atom. The molecule has 0 bridgehead atoms. The number of hydrogen-bond donors (Lipinski definition) is 2. The Kier molecular flexibility index (Phi) is 4.44. The first kappa shape index (κ1) is 12.1. The Morgan fingerprint density at radius 1 is 1.62 bits per heavy atom. The molecule has 1 unspecified atom stereocenters. The predicted octanol–water partition coefficient (Wildman–Crippen LogP) is 2.91. The van der Waals surface area contributed by atoms with E-state index in [1.807, 2.05) is 6.07 Å². The van der Waals surface area contributed by atoms with Crippen LogP contribution in [0.5, 0.6) is 0 Å². The van der Waals surface area contributed by atoms with Crippen LogP contribution in [0.15, 0.2) is 16.7 Å². The Morgan fingerprint density at radius 2 is 2.50 bits per heavy atom. The van der Waals surface area contributed by atoms with Gasteiger partial charge in [0.1, 0.15) is 0 Å². The number of anilines is 1. The summed E-state index contributed by atoms with van der Waals surface area (Å²) in [4.78, 5) is 4.08. The Labute approximate surface area is 109 Å². The molecule has 0 saturated carbocycles. The van der Waals surface area contributed by atoms with Crippen LogP contribution in [0, 0.1) is 5.92 Å². The molecule has 88 valence electrons. The van der Waals surface area contributed by atoms with Crippen molar-refractivity contribution in [2.24, 2.45) is 5.92 Å². The van der Waals surface area contributed by atoms with Crippen LogP contribution in [0.25, 0.3) is 0 Å². The van der Waals surface area contributed by atoms with Crippen LogP contribution in [0.3, 0.4) is 0 Å². The SMILES string of the molecule is Clc1ncc(Br)cc1NCC1CCCNC1. The molecule has 2 rings (SSSR count). The monoisotopic (exact) mass is 303 g/mol. The van der Waals surface area contributed by atoms with Crippen molar-refractivity contribution < 1.29 is 0 Å². The van der Waals surface area contributed by atoms with Crippen molar-refractivity contribution in [1.29, 1.82) is 0 Å². The fourth-order valence-electron chi connectivity index (χ4n) is 1.90. The van der Waals surface area contributed by atoms with Gasteiger partial charge in [0.15, 0.2) is 5.15 Å². The first-order chi connectivity index (χ1) is 7.75. The molecular formula is C11H15BrClN3. The third kappa shape index (κ3) is 3.34. The van der Waals surface area contributed by atoms with Gasteiger partial charge in [0.2, 0.25) is 0 Å². The summed E-state index contributed by atoms with van der Waals surface area (Å²) < 4.78 is 0.946. The minimum Gasteiger partial charge on any atom is -0.382 e.